The predicted molar refractivity (Wildman–Crippen MR) is 51.7 cm³/mol. The first-order valence-electron chi connectivity index (χ1n) is 4.38. The molecule has 0 fully saturated rings. The number of nitrogens with two attached hydrogens (primary N) is 1. The van der Waals surface area contributed by atoms with Crippen LogP contribution in [0.5, 0.6) is 5.75 Å². The van der Waals surface area contributed by atoms with Gasteiger partial charge in [-0.15, -0.1) is 0 Å². The van der Waals surface area contributed by atoms with Gasteiger partial charge in [-0.3, -0.25) is 0 Å². The molecule has 0 spiro atoms. The van der Waals surface area contributed by atoms with Crippen molar-refractivity contribution in [2.24, 2.45) is 5.73 Å². The molecule has 0 heterocycles. The van der Waals surface area contributed by atoms with E-state index < -0.39 is 6.10 Å². The summed E-state index contributed by atoms with van der Waals surface area (Å²) in [5.74, 6) is 0.0642. The molecule has 1 rings (SSSR count). The first-order valence-corrected chi connectivity index (χ1v) is 4.38. The van der Waals surface area contributed by atoms with Gasteiger partial charge >= 0.3 is 0 Å². The van der Waals surface area contributed by atoms with Crippen LogP contribution in [0.1, 0.15) is 5.56 Å². The highest BCUT2D eigenvalue weighted by atomic mass is 19.1. The fourth-order valence-corrected chi connectivity index (χ4v) is 1.25. The molecular weight excluding hydrogens is 185 g/mol. The summed E-state index contributed by atoms with van der Waals surface area (Å²) < 4.78 is 18.3. The van der Waals surface area contributed by atoms with E-state index in [4.69, 9.17) is 10.5 Å². The second-order valence-electron chi connectivity index (χ2n) is 3.01. The highest BCUT2D eigenvalue weighted by molar-refractivity contribution is 5.35. The molecule has 3 nitrogen and oxygen atoms in total. The van der Waals surface area contributed by atoms with E-state index in [1.807, 2.05) is 0 Å². The van der Waals surface area contributed by atoms with Crippen molar-refractivity contribution in [3.63, 3.8) is 0 Å². The molecule has 3 N–H and O–H groups in total. The van der Waals surface area contributed by atoms with Crippen LogP contribution >= 0.6 is 0 Å². The lowest BCUT2D eigenvalue weighted by Crippen LogP contribution is -2.22. The Balaban J connectivity index is 2.92. The summed E-state index contributed by atoms with van der Waals surface area (Å²) in [5.41, 5.74) is 5.62. The molecular formula is C10H14FNO2. The standard InChI is InChI=1S/C10H14FNO2/c1-14-10-4-2-3-9(11)8(10)5-7(13)6-12/h2-4,7,13H,5-6,12H2,1H3. The molecule has 1 aromatic rings. The first-order chi connectivity index (χ1) is 6.69. The molecule has 0 aliphatic rings. The van der Waals surface area contributed by atoms with Crippen molar-refractivity contribution < 1.29 is 14.2 Å². The summed E-state index contributed by atoms with van der Waals surface area (Å²) >= 11 is 0. The molecule has 1 atom stereocenters. The van der Waals surface area contributed by atoms with E-state index in [1.165, 1.54) is 13.2 Å². The highest BCUT2D eigenvalue weighted by Crippen LogP contribution is 2.22. The summed E-state index contributed by atoms with van der Waals surface area (Å²) in [5, 5.41) is 9.31. The topological polar surface area (TPSA) is 55.5 Å². The van der Waals surface area contributed by atoms with Crippen LogP contribution in [-0.4, -0.2) is 24.9 Å². The lowest BCUT2D eigenvalue weighted by Gasteiger charge is -2.12. The lowest BCUT2D eigenvalue weighted by molar-refractivity contribution is 0.180. The number of hydrogen-bond donors (Lipinski definition) is 2. The molecule has 4 heteroatoms. The fourth-order valence-electron chi connectivity index (χ4n) is 1.25. The van der Waals surface area contributed by atoms with E-state index in [2.05, 4.69) is 0 Å². The van der Waals surface area contributed by atoms with Gasteiger partial charge in [0.25, 0.3) is 0 Å². The molecule has 1 unspecified atom stereocenters. The summed E-state index contributed by atoms with van der Waals surface area (Å²) in [6.07, 6.45) is -0.562. The maximum Gasteiger partial charge on any atom is 0.130 e. The van der Waals surface area contributed by atoms with Crippen molar-refractivity contribution in [2.45, 2.75) is 12.5 Å². The monoisotopic (exact) mass is 199 g/mol. The third kappa shape index (κ3) is 2.43. The van der Waals surface area contributed by atoms with Crippen LogP contribution in [0.15, 0.2) is 18.2 Å². The maximum absolute atomic E-state index is 13.3. The third-order valence-corrected chi connectivity index (χ3v) is 2.01. The van der Waals surface area contributed by atoms with Crippen molar-refractivity contribution in [3.8, 4) is 5.75 Å². The number of methoxy groups -OCH3 is 1. The molecule has 0 aliphatic carbocycles. The van der Waals surface area contributed by atoms with Crippen LogP contribution in [0.25, 0.3) is 0 Å². The smallest absolute Gasteiger partial charge is 0.130 e. The Morgan fingerprint density at radius 1 is 1.57 bits per heavy atom. The minimum Gasteiger partial charge on any atom is -0.496 e. The molecule has 14 heavy (non-hydrogen) atoms. The summed E-state index contributed by atoms with van der Waals surface area (Å²) in [6.45, 7) is 0.109. The van der Waals surface area contributed by atoms with E-state index in [0.29, 0.717) is 11.3 Å². The molecule has 1 aromatic carbocycles. The highest BCUT2D eigenvalue weighted by Gasteiger charge is 2.12. The number of hydrogen-bond acceptors (Lipinski definition) is 3. The second-order valence-corrected chi connectivity index (χ2v) is 3.01. The van der Waals surface area contributed by atoms with Crippen LogP contribution in [0.4, 0.5) is 4.39 Å². The lowest BCUT2D eigenvalue weighted by atomic mass is 10.1. The van der Waals surface area contributed by atoms with Gasteiger partial charge in [0.15, 0.2) is 0 Å². The van der Waals surface area contributed by atoms with Crippen molar-refractivity contribution in [2.75, 3.05) is 13.7 Å². The van der Waals surface area contributed by atoms with Gasteiger partial charge < -0.3 is 15.6 Å². The van der Waals surface area contributed by atoms with Crippen LogP contribution in [0, 0.1) is 5.82 Å². The van der Waals surface area contributed by atoms with Crippen molar-refractivity contribution in [1.29, 1.82) is 0 Å². The van der Waals surface area contributed by atoms with Gasteiger partial charge in [0.05, 0.1) is 13.2 Å². The molecule has 0 bridgehead atoms. The normalized spacial score (nSPS) is 12.6. The SMILES string of the molecule is COc1cccc(F)c1CC(O)CN. The molecule has 0 saturated carbocycles. The predicted octanol–water partition coefficient (Wildman–Crippen LogP) is 0.696. The van der Waals surface area contributed by atoms with Gasteiger partial charge in [0.1, 0.15) is 11.6 Å². The minimum absolute atomic E-state index is 0.109. The zero-order chi connectivity index (χ0) is 10.6. The Morgan fingerprint density at radius 3 is 2.86 bits per heavy atom. The first kappa shape index (κ1) is 10.9. The molecule has 78 valence electrons. The van der Waals surface area contributed by atoms with Crippen molar-refractivity contribution in [1.82, 2.24) is 0 Å². The number of benzene rings is 1. The molecule has 0 aromatic heterocycles. The van der Waals surface area contributed by atoms with Crippen molar-refractivity contribution >= 4 is 0 Å². The van der Waals surface area contributed by atoms with Gasteiger partial charge in [-0.25, -0.2) is 4.39 Å². The van der Waals surface area contributed by atoms with Gasteiger partial charge in [-0.2, -0.15) is 0 Å². The fraction of sp³-hybridized carbons (Fsp3) is 0.400. The Bertz CT molecular complexity index is 304. The second kappa shape index (κ2) is 4.93. The van der Waals surface area contributed by atoms with E-state index >= 15 is 0 Å². The molecule has 0 radical (unpaired) electrons. The Hall–Kier alpha value is -1.13. The summed E-state index contributed by atoms with van der Waals surface area (Å²) in [4.78, 5) is 0. The van der Waals surface area contributed by atoms with E-state index in [0.717, 1.165) is 0 Å². The maximum atomic E-state index is 13.3. The van der Waals surface area contributed by atoms with Gasteiger partial charge in [-0.05, 0) is 12.1 Å². The zero-order valence-corrected chi connectivity index (χ0v) is 8.03. The van der Waals surface area contributed by atoms with Crippen LogP contribution in [-0.2, 0) is 6.42 Å². The Morgan fingerprint density at radius 2 is 2.29 bits per heavy atom. The van der Waals surface area contributed by atoms with Gasteiger partial charge in [0, 0.05) is 18.5 Å². The van der Waals surface area contributed by atoms with Crippen LogP contribution < -0.4 is 10.5 Å². The summed E-state index contributed by atoms with van der Waals surface area (Å²) in [7, 11) is 1.47. The van der Waals surface area contributed by atoms with Gasteiger partial charge in [0.2, 0.25) is 0 Å². The largest absolute Gasteiger partial charge is 0.496 e. The number of halogens is 1. The number of rotatable bonds is 4. The van der Waals surface area contributed by atoms with Crippen molar-refractivity contribution in [3.05, 3.63) is 29.6 Å². The van der Waals surface area contributed by atoms with Crippen LogP contribution in [0.2, 0.25) is 0 Å². The zero-order valence-electron chi connectivity index (χ0n) is 8.03. The average molecular weight is 199 g/mol. The molecule has 0 saturated heterocycles. The molecule has 0 amide bonds. The van der Waals surface area contributed by atoms with E-state index in [-0.39, 0.29) is 18.8 Å². The molecule has 0 aliphatic heterocycles. The third-order valence-electron chi connectivity index (χ3n) is 2.01. The number of aliphatic hydroxyl groups excluding tert-OH is 1. The van der Waals surface area contributed by atoms with E-state index in [9.17, 15) is 9.50 Å². The Kier molecular flexibility index (Phi) is 3.85. The number of aliphatic hydroxyl groups is 1. The quantitative estimate of drug-likeness (QED) is 0.750. The van der Waals surface area contributed by atoms with Gasteiger partial charge in [-0.1, -0.05) is 6.07 Å². The van der Waals surface area contributed by atoms with E-state index in [1.54, 1.807) is 12.1 Å². The minimum atomic E-state index is -0.735. The Labute approximate surface area is 82.3 Å². The number of ether oxygens (including phenoxy) is 1. The van der Waals surface area contributed by atoms with Crippen LogP contribution in [0.3, 0.4) is 0 Å². The average Bonchev–Trinajstić information content (AvgIpc) is 2.20. The summed E-state index contributed by atoms with van der Waals surface area (Å²) in [6, 6.07) is 4.55.